The third kappa shape index (κ3) is 2.12. The normalized spacial score (nSPS) is 12.0. The molecule has 3 nitrogen and oxygen atoms in total. The fourth-order valence-corrected chi connectivity index (χ4v) is 1.18. The fourth-order valence-electron chi connectivity index (χ4n) is 1.18. The van der Waals surface area contributed by atoms with Crippen LogP contribution in [-0.2, 0) is 0 Å². The summed E-state index contributed by atoms with van der Waals surface area (Å²) in [6.45, 7) is 1.83. The van der Waals surface area contributed by atoms with Crippen molar-refractivity contribution in [3.05, 3.63) is 23.8 Å². The van der Waals surface area contributed by atoms with Crippen molar-refractivity contribution in [2.45, 2.75) is 19.3 Å². The zero-order valence-electron chi connectivity index (χ0n) is 7.36. The predicted octanol–water partition coefficient (Wildman–Crippen LogP) is 2.11. The van der Waals surface area contributed by atoms with Crippen molar-refractivity contribution in [1.29, 1.82) is 5.26 Å². The van der Waals surface area contributed by atoms with E-state index in [1.807, 2.05) is 13.0 Å². The molecule has 0 saturated carbocycles. The van der Waals surface area contributed by atoms with Crippen LogP contribution < -0.4 is 0 Å². The van der Waals surface area contributed by atoms with Crippen LogP contribution in [0.4, 0.5) is 0 Å². The van der Waals surface area contributed by atoms with Crippen LogP contribution >= 0.6 is 0 Å². The molecule has 0 aliphatic heterocycles. The Balaban J connectivity index is 3.00. The highest BCUT2D eigenvalue weighted by Gasteiger charge is 2.10. The van der Waals surface area contributed by atoms with Crippen LogP contribution in [0.1, 0.15) is 24.8 Å². The number of benzene rings is 1. The van der Waals surface area contributed by atoms with Gasteiger partial charge < -0.3 is 10.2 Å². The summed E-state index contributed by atoms with van der Waals surface area (Å²) in [5.41, 5.74) is 0.613. The third-order valence-electron chi connectivity index (χ3n) is 1.94. The van der Waals surface area contributed by atoms with Gasteiger partial charge in [-0.2, -0.15) is 5.26 Å². The largest absolute Gasteiger partial charge is 0.508 e. The van der Waals surface area contributed by atoms with E-state index in [1.165, 1.54) is 18.2 Å². The topological polar surface area (TPSA) is 64.2 Å². The van der Waals surface area contributed by atoms with E-state index in [4.69, 9.17) is 10.4 Å². The van der Waals surface area contributed by atoms with Crippen molar-refractivity contribution in [2.75, 3.05) is 0 Å². The van der Waals surface area contributed by atoms with Gasteiger partial charge in [0.15, 0.2) is 0 Å². The number of phenolic OH excluding ortho intramolecular Hbond substituents is 2. The van der Waals surface area contributed by atoms with E-state index in [0.717, 1.165) is 0 Å². The molecule has 1 aromatic carbocycles. The van der Waals surface area contributed by atoms with Gasteiger partial charge in [-0.25, -0.2) is 0 Å². The maximum absolute atomic E-state index is 9.41. The Morgan fingerprint density at radius 2 is 2.15 bits per heavy atom. The van der Waals surface area contributed by atoms with Crippen LogP contribution in [0.25, 0.3) is 0 Å². The lowest BCUT2D eigenvalue weighted by Crippen LogP contribution is -1.92. The van der Waals surface area contributed by atoms with E-state index < -0.39 is 0 Å². The lowest BCUT2D eigenvalue weighted by atomic mass is 9.97. The molecule has 0 spiro atoms. The van der Waals surface area contributed by atoms with Gasteiger partial charge in [-0.05, 0) is 24.1 Å². The Bertz CT molecular complexity index is 341. The molecule has 1 aromatic rings. The number of nitriles is 1. The maximum Gasteiger partial charge on any atom is 0.119 e. The molecule has 0 fully saturated rings. The second-order valence-corrected chi connectivity index (χ2v) is 3.01. The van der Waals surface area contributed by atoms with E-state index >= 15 is 0 Å². The molecule has 0 aromatic heterocycles. The van der Waals surface area contributed by atoms with E-state index in [9.17, 15) is 5.11 Å². The molecular formula is C10H11NO2. The molecule has 13 heavy (non-hydrogen) atoms. The summed E-state index contributed by atoms with van der Waals surface area (Å²) >= 11 is 0. The summed E-state index contributed by atoms with van der Waals surface area (Å²) in [4.78, 5) is 0. The first-order chi connectivity index (χ1) is 6.15. The van der Waals surface area contributed by atoms with Gasteiger partial charge in [-0.1, -0.05) is 6.92 Å². The quantitative estimate of drug-likeness (QED) is 0.680. The number of hydrogen-bond acceptors (Lipinski definition) is 3. The molecule has 0 saturated heterocycles. The molecule has 1 atom stereocenters. The molecule has 3 heteroatoms. The molecule has 0 aliphatic carbocycles. The first-order valence-corrected chi connectivity index (χ1v) is 4.04. The smallest absolute Gasteiger partial charge is 0.119 e. The molecule has 0 radical (unpaired) electrons. The highest BCUT2D eigenvalue weighted by atomic mass is 16.3. The minimum absolute atomic E-state index is 0.0582. The summed E-state index contributed by atoms with van der Waals surface area (Å²) in [5.74, 6) is 0.176. The maximum atomic E-state index is 9.41. The average molecular weight is 177 g/mol. The van der Waals surface area contributed by atoms with Gasteiger partial charge in [-0.15, -0.1) is 0 Å². The van der Waals surface area contributed by atoms with E-state index in [2.05, 4.69) is 0 Å². The Morgan fingerprint density at radius 1 is 1.46 bits per heavy atom. The van der Waals surface area contributed by atoms with Crippen molar-refractivity contribution >= 4 is 0 Å². The second-order valence-electron chi connectivity index (χ2n) is 3.01. The first-order valence-electron chi connectivity index (χ1n) is 4.04. The number of phenols is 2. The monoisotopic (exact) mass is 177 g/mol. The summed E-state index contributed by atoms with van der Waals surface area (Å²) in [6, 6.07) is 6.35. The summed E-state index contributed by atoms with van der Waals surface area (Å²) in [5, 5.41) is 27.0. The van der Waals surface area contributed by atoms with Crippen LogP contribution in [0, 0.1) is 11.3 Å². The van der Waals surface area contributed by atoms with Gasteiger partial charge in [0.05, 0.1) is 6.07 Å². The second kappa shape index (κ2) is 3.81. The third-order valence-corrected chi connectivity index (χ3v) is 1.94. The standard InChI is InChI=1S/C10H11NO2/c1-7(4-5-11)9-6-8(12)2-3-10(9)13/h2-3,6-7,12-13H,4H2,1H3. The van der Waals surface area contributed by atoms with Gasteiger partial charge in [0.2, 0.25) is 0 Å². The summed E-state index contributed by atoms with van der Waals surface area (Å²) in [6.07, 6.45) is 0.330. The van der Waals surface area contributed by atoms with Crippen molar-refractivity contribution in [1.82, 2.24) is 0 Å². The lowest BCUT2D eigenvalue weighted by molar-refractivity contribution is 0.450. The SMILES string of the molecule is CC(CC#N)c1cc(O)ccc1O. The molecule has 2 N–H and O–H groups in total. The fraction of sp³-hybridized carbons (Fsp3) is 0.300. The summed E-state index contributed by atoms with van der Waals surface area (Å²) in [7, 11) is 0. The Labute approximate surface area is 76.9 Å². The Kier molecular flexibility index (Phi) is 2.76. The number of rotatable bonds is 2. The average Bonchev–Trinajstić information content (AvgIpc) is 2.09. The van der Waals surface area contributed by atoms with Crippen molar-refractivity contribution in [3.63, 3.8) is 0 Å². The Hall–Kier alpha value is -1.69. The van der Waals surface area contributed by atoms with Crippen LogP contribution in [0.3, 0.4) is 0 Å². The zero-order chi connectivity index (χ0) is 9.84. The van der Waals surface area contributed by atoms with Crippen molar-refractivity contribution < 1.29 is 10.2 Å². The van der Waals surface area contributed by atoms with Gasteiger partial charge in [0.25, 0.3) is 0 Å². The van der Waals surface area contributed by atoms with E-state index in [0.29, 0.717) is 12.0 Å². The van der Waals surface area contributed by atoms with Crippen LogP contribution in [-0.4, -0.2) is 10.2 Å². The molecule has 0 aliphatic rings. The first kappa shape index (κ1) is 9.40. The van der Waals surface area contributed by atoms with Crippen LogP contribution in [0.2, 0.25) is 0 Å². The summed E-state index contributed by atoms with van der Waals surface area (Å²) < 4.78 is 0. The van der Waals surface area contributed by atoms with Crippen molar-refractivity contribution in [3.8, 4) is 17.6 Å². The number of hydrogen-bond donors (Lipinski definition) is 2. The lowest BCUT2D eigenvalue weighted by Gasteiger charge is -2.09. The van der Waals surface area contributed by atoms with Crippen LogP contribution in [0.5, 0.6) is 11.5 Å². The van der Waals surface area contributed by atoms with Gasteiger partial charge in [0, 0.05) is 12.0 Å². The highest BCUT2D eigenvalue weighted by molar-refractivity contribution is 5.40. The van der Waals surface area contributed by atoms with E-state index in [1.54, 1.807) is 0 Å². The van der Waals surface area contributed by atoms with Crippen LogP contribution in [0.15, 0.2) is 18.2 Å². The Morgan fingerprint density at radius 3 is 2.77 bits per heavy atom. The van der Waals surface area contributed by atoms with Gasteiger partial charge in [0.1, 0.15) is 11.5 Å². The highest BCUT2D eigenvalue weighted by Crippen LogP contribution is 2.30. The van der Waals surface area contributed by atoms with Gasteiger partial charge in [-0.3, -0.25) is 0 Å². The molecule has 0 bridgehead atoms. The minimum atomic E-state index is -0.0582. The molecule has 1 unspecified atom stereocenters. The number of nitrogens with zero attached hydrogens (tertiary/aromatic N) is 1. The zero-order valence-corrected chi connectivity index (χ0v) is 7.36. The molecular weight excluding hydrogens is 166 g/mol. The predicted molar refractivity (Wildman–Crippen MR) is 48.4 cm³/mol. The van der Waals surface area contributed by atoms with Gasteiger partial charge >= 0.3 is 0 Å². The molecule has 0 heterocycles. The molecule has 68 valence electrons. The number of aromatic hydroxyl groups is 2. The van der Waals surface area contributed by atoms with E-state index in [-0.39, 0.29) is 17.4 Å². The molecule has 0 amide bonds. The molecule has 1 rings (SSSR count). The minimum Gasteiger partial charge on any atom is -0.508 e. The van der Waals surface area contributed by atoms with Crippen molar-refractivity contribution in [2.24, 2.45) is 0 Å².